The summed E-state index contributed by atoms with van der Waals surface area (Å²) < 4.78 is 2.01. The van der Waals surface area contributed by atoms with Gasteiger partial charge in [-0.2, -0.15) is 0 Å². The molecule has 1 aromatic heterocycles. The number of anilines is 1. The van der Waals surface area contributed by atoms with Crippen molar-refractivity contribution in [1.82, 2.24) is 25.0 Å². The number of aryl methyl sites for hydroxylation is 1. The SMILES string of the molecule is Cc1nnc(CN=C(NCCCN(C)c2ccccc2)N2CCC(C)CC2)n1C. The van der Waals surface area contributed by atoms with Crippen molar-refractivity contribution in [2.75, 3.05) is 38.1 Å². The minimum absolute atomic E-state index is 0.551. The van der Waals surface area contributed by atoms with Crippen molar-refractivity contribution >= 4 is 11.6 Å². The average Bonchev–Trinajstić information content (AvgIpc) is 3.06. The first kappa shape index (κ1) is 21.1. The van der Waals surface area contributed by atoms with Crippen LogP contribution in [0.15, 0.2) is 35.3 Å². The van der Waals surface area contributed by atoms with Crippen LogP contribution in [-0.4, -0.2) is 58.9 Å². The van der Waals surface area contributed by atoms with Gasteiger partial charge in [-0.3, -0.25) is 0 Å². The monoisotopic (exact) mass is 397 g/mol. The Hall–Kier alpha value is -2.57. The third-order valence-electron chi connectivity index (χ3n) is 5.79. The fourth-order valence-corrected chi connectivity index (χ4v) is 3.55. The summed E-state index contributed by atoms with van der Waals surface area (Å²) in [6.45, 7) is 8.89. The Morgan fingerprint density at radius 3 is 2.59 bits per heavy atom. The summed E-state index contributed by atoms with van der Waals surface area (Å²) in [4.78, 5) is 9.57. The summed E-state index contributed by atoms with van der Waals surface area (Å²) >= 11 is 0. The van der Waals surface area contributed by atoms with E-state index in [-0.39, 0.29) is 0 Å². The maximum Gasteiger partial charge on any atom is 0.194 e. The number of aliphatic imine (C=N–C) groups is 1. The highest BCUT2D eigenvalue weighted by molar-refractivity contribution is 5.80. The Labute approximate surface area is 174 Å². The molecule has 0 saturated carbocycles. The zero-order valence-electron chi connectivity index (χ0n) is 18.3. The van der Waals surface area contributed by atoms with Gasteiger partial charge in [-0.15, -0.1) is 10.2 Å². The zero-order chi connectivity index (χ0) is 20.6. The lowest BCUT2D eigenvalue weighted by molar-refractivity contribution is 0.273. The minimum Gasteiger partial charge on any atom is -0.375 e. The van der Waals surface area contributed by atoms with E-state index in [9.17, 15) is 0 Å². The van der Waals surface area contributed by atoms with Crippen LogP contribution in [0.5, 0.6) is 0 Å². The molecule has 7 heteroatoms. The lowest BCUT2D eigenvalue weighted by Crippen LogP contribution is -2.46. The van der Waals surface area contributed by atoms with Gasteiger partial charge in [0.25, 0.3) is 0 Å². The Kier molecular flexibility index (Phi) is 7.49. The molecule has 2 heterocycles. The lowest BCUT2D eigenvalue weighted by atomic mass is 10.00. The number of nitrogens with zero attached hydrogens (tertiary/aromatic N) is 6. The number of hydrogen-bond acceptors (Lipinski definition) is 4. The average molecular weight is 398 g/mol. The molecular formula is C22H35N7. The van der Waals surface area contributed by atoms with Crippen LogP contribution >= 0.6 is 0 Å². The number of likely N-dealkylation sites (tertiary alicyclic amines) is 1. The molecule has 0 spiro atoms. The fourth-order valence-electron chi connectivity index (χ4n) is 3.55. The van der Waals surface area contributed by atoms with Crippen LogP contribution in [0.1, 0.15) is 37.8 Å². The van der Waals surface area contributed by atoms with Gasteiger partial charge in [0.1, 0.15) is 12.4 Å². The Morgan fingerprint density at radius 1 is 1.21 bits per heavy atom. The standard InChI is InChI=1S/C22H35N7/c1-18-11-15-29(16-12-18)22(24-17-21-26-25-19(2)28(21)4)23-13-8-14-27(3)20-9-6-5-7-10-20/h5-7,9-10,18H,8,11-17H2,1-4H3,(H,23,24). The minimum atomic E-state index is 0.551. The van der Waals surface area contributed by atoms with E-state index in [0.717, 1.165) is 56.1 Å². The van der Waals surface area contributed by atoms with Crippen LogP contribution in [-0.2, 0) is 13.6 Å². The summed E-state index contributed by atoms with van der Waals surface area (Å²) in [5, 5.41) is 12.0. The third kappa shape index (κ3) is 5.95. The molecule has 1 aliphatic rings. The highest BCUT2D eigenvalue weighted by atomic mass is 15.3. The molecule has 3 rings (SSSR count). The van der Waals surface area contributed by atoms with E-state index in [2.05, 4.69) is 69.6 Å². The van der Waals surface area contributed by atoms with E-state index in [0.29, 0.717) is 6.54 Å². The molecule has 29 heavy (non-hydrogen) atoms. The van der Waals surface area contributed by atoms with E-state index >= 15 is 0 Å². The number of guanidine groups is 1. The van der Waals surface area contributed by atoms with Crippen molar-refractivity contribution in [3.8, 4) is 0 Å². The maximum absolute atomic E-state index is 4.89. The first-order chi connectivity index (χ1) is 14.0. The summed E-state index contributed by atoms with van der Waals surface area (Å²) in [5.41, 5.74) is 1.25. The van der Waals surface area contributed by atoms with E-state index in [1.54, 1.807) is 0 Å². The van der Waals surface area contributed by atoms with Crippen molar-refractivity contribution < 1.29 is 0 Å². The van der Waals surface area contributed by atoms with Gasteiger partial charge in [0.2, 0.25) is 0 Å². The van der Waals surface area contributed by atoms with Crippen LogP contribution in [0.25, 0.3) is 0 Å². The fraction of sp³-hybridized carbons (Fsp3) is 0.591. The van der Waals surface area contributed by atoms with Gasteiger partial charge in [-0.1, -0.05) is 25.1 Å². The maximum atomic E-state index is 4.89. The number of benzene rings is 1. The summed E-state index contributed by atoms with van der Waals surface area (Å²) in [6, 6.07) is 10.5. The highest BCUT2D eigenvalue weighted by Crippen LogP contribution is 2.16. The van der Waals surface area contributed by atoms with Gasteiger partial charge in [0.05, 0.1) is 0 Å². The molecule has 2 aromatic rings. The van der Waals surface area contributed by atoms with Crippen molar-refractivity contribution in [3.05, 3.63) is 42.0 Å². The molecular weight excluding hydrogens is 362 g/mol. The molecule has 0 bridgehead atoms. The molecule has 7 nitrogen and oxygen atoms in total. The molecule has 0 atom stereocenters. The molecule has 1 aromatic carbocycles. The predicted molar refractivity (Wildman–Crippen MR) is 119 cm³/mol. The van der Waals surface area contributed by atoms with Crippen molar-refractivity contribution in [3.63, 3.8) is 0 Å². The van der Waals surface area contributed by atoms with Crippen molar-refractivity contribution in [2.45, 2.75) is 39.7 Å². The van der Waals surface area contributed by atoms with Gasteiger partial charge < -0.3 is 19.7 Å². The van der Waals surface area contributed by atoms with Crippen LogP contribution in [0.2, 0.25) is 0 Å². The Morgan fingerprint density at radius 2 is 1.93 bits per heavy atom. The van der Waals surface area contributed by atoms with Crippen LogP contribution in [0, 0.1) is 12.8 Å². The van der Waals surface area contributed by atoms with E-state index in [4.69, 9.17) is 4.99 Å². The number of aromatic nitrogens is 3. The van der Waals surface area contributed by atoms with E-state index < -0.39 is 0 Å². The second-order valence-corrected chi connectivity index (χ2v) is 8.07. The molecule has 0 aliphatic carbocycles. The molecule has 0 amide bonds. The normalized spacial score (nSPS) is 15.6. The molecule has 158 valence electrons. The summed E-state index contributed by atoms with van der Waals surface area (Å²) in [7, 11) is 4.14. The number of rotatable bonds is 7. The van der Waals surface area contributed by atoms with Crippen LogP contribution in [0.4, 0.5) is 5.69 Å². The molecule has 1 fully saturated rings. The van der Waals surface area contributed by atoms with Gasteiger partial charge in [0, 0.05) is 46.0 Å². The van der Waals surface area contributed by atoms with E-state index in [1.165, 1.54) is 18.5 Å². The molecule has 0 radical (unpaired) electrons. The predicted octanol–water partition coefficient (Wildman–Crippen LogP) is 2.83. The van der Waals surface area contributed by atoms with Gasteiger partial charge >= 0.3 is 0 Å². The van der Waals surface area contributed by atoms with E-state index in [1.807, 2.05) is 18.5 Å². The lowest BCUT2D eigenvalue weighted by Gasteiger charge is -2.33. The Bertz CT molecular complexity index is 776. The van der Waals surface area contributed by atoms with Crippen LogP contribution in [0.3, 0.4) is 0 Å². The first-order valence-electron chi connectivity index (χ1n) is 10.7. The van der Waals surface area contributed by atoms with Gasteiger partial charge in [-0.25, -0.2) is 4.99 Å². The van der Waals surface area contributed by atoms with Crippen LogP contribution < -0.4 is 10.2 Å². The number of nitrogens with one attached hydrogen (secondary N) is 1. The number of para-hydroxylation sites is 1. The first-order valence-corrected chi connectivity index (χ1v) is 10.7. The largest absolute Gasteiger partial charge is 0.375 e. The molecule has 1 aliphatic heterocycles. The van der Waals surface area contributed by atoms with Crippen molar-refractivity contribution in [2.24, 2.45) is 18.0 Å². The topological polar surface area (TPSA) is 61.6 Å². The number of piperidine rings is 1. The zero-order valence-corrected chi connectivity index (χ0v) is 18.3. The molecule has 0 unspecified atom stereocenters. The summed E-state index contributed by atoms with van der Waals surface area (Å²) in [5.74, 6) is 3.62. The van der Waals surface area contributed by atoms with Gasteiger partial charge in [-0.05, 0) is 44.2 Å². The number of hydrogen-bond donors (Lipinski definition) is 1. The highest BCUT2D eigenvalue weighted by Gasteiger charge is 2.19. The smallest absolute Gasteiger partial charge is 0.194 e. The molecule has 1 saturated heterocycles. The third-order valence-corrected chi connectivity index (χ3v) is 5.79. The van der Waals surface area contributed by atoms with Gasteiger partial charge in [0.15, 0.2) is 11.8 Å². The second kappa shape index (κ2) is 10.3. The van der Waals surface area contributed by atoms with Crippen molar-refractivity contribution in [1.29, 1.82) is 0 Å². The second-order valence-electron chi connectivity index (χ2n) is 8.07. The quantitative estimate of drug-likeness (QED) is 0.442. The molecule has 1 N–H and O–H groups in total. The Balaban J connectivity index is 1.56. The summed E-state index contributed by atoms with van der Waals surface area (Å²) in [6.07, 6.45) is 3.50.